The topological polar surface area (TPSA) is 42.7 Å². The van der Waals surface area contributed by atoms with Gasteiger partial charge in [0.25, 0.3) is 0 Å². The maximum absolute atomic E-state index is 4.48. The summed E-state index contributed by atoms with van der Waals surface area (Å²) < 4.78 is 3.10. The molecule has 0 aromatic carbocycles. The smallest absolute Gasteiger partial charge is 0.0738 e. The zero-order valence-corrected chi connectivity index (χ0v) is 14.5. The first kappa shape index (κ1) is 16.2. The Bertz CT molecular complexity index is 565. The van der Waals surface area contributed by atoms with Crippen LogP contribution in [0.15, 0.2) is 29.0 Å². The molecule has 0 radical (unpaired) electrons. The van der Waals surface area contributed by atoms with E-state index in [0.717, 1.165) is 36.0 Å². The number of aryl methyl sites for hydroxylation is 2. The van der Waals surface area contributed by atoms with Crippen molar-refractivity contribution >= 4 is 15.9 Å². The van der Waals surface area contributed by atoms with Crippen LogP contribution in [0.4, 0.5) is 0 Å². The van der Waals surface area contributed by atoms with E-state index >= 15 is 0 Å². The predicted octanol–water partition coefficient (Wildman–Crippen LogP) is 3.04. The fraction of sp³-hybridized carbons (Fsp3) is 0.500. The third-order valence-corrected chi connectivity index (χ3v) is 4.62. The van der Waals surface area contributed by atoms with Crippen LogP contribution < -0.4 is 5.32 Å². The molecule has 0 fully saturated rings. The van der Waals surface area contributed by atoms with E-state index in [0.29, 0.717) is 6.04 Å². The maximum atomic E-state index is 4.48. The fourth-order valence-electron chi connectivity index (χ4n) is 2.50. The lowest BCUT2D eigenvalue weighted by Crippen LogP contribution is -2.34. The number of rotatable bonds is 7. The van der Waals surface area contributed by atoms with Crippen molar-refractivity contribution in [1.82, 2.24) is 20.1 Å². The molecule has 2 aromatic rings. The van der Waals surface area contributed by atoms with Crippen molar-refractivity contribution in [3.8, 4) is 0 Å². The van der Waals surface area contributed by atoms with Gasteiger partial charge < -0.3 is 5.32 Å². The summed E-state index contributed by atoms with van der Waals surface area (Å²) in [6, 6.07) is 4.52. The van der Waals surface area contributed by atoms with Crippen LogP contribution in [0.1, 0.15) is 30.3 Å². The lowest BCUT2D eigenvalue weighted by molar-refractivity contribution is 0.489. The molecule has 2 heterocycles. The Hall–Kier alpha value is -1.20. The van der Waals surface area contributed by atoms with Gasteiger partial charge in [0.15, 0.2) is 0 Å². The van der Waals surface area contributed by atoms with Crippen LogP contribution in [0.25, 0.3) is 0 Å². The Balaban J connectivity index is 2.12. The van der Waals surface area contributed by atoms with Gasteiger partial charge in [-0.15, -0.1) is 0 Å². The van der Waals surface area contributed by atoms with Crippen LogP contribution in [0.5, 0.6) is 0 Å². The van der Waals surface area contributed by atoms with Gasteiger partial charge in [-0.3, -0.25) is 9.67 Å². The third kappa shape index (κ3) is 4.38. The number of halogens is 1. The summed E-state index contributed by atoms with van der Waals surface area (Å²) in [6.45, 7) is 5.25. The normalized spacial score (nSPS) is 12.6. The summed E-state index contributed by atoms with van der Waals surface area (Å²) in [5, 5.41) is 8.12. The Kier molecular flexibility index (Phi) is 5.94. The van der Waals surface area contributed by atoms with Crippen LogP contribution >= 0.6 is 15.9 Å². The van der Waals surface area contributed by atoms with Gasteiger partial charge in [0.2, 0.25) is 0 Å². The molecule has 1 N–H and O–H groups in total. The second kappa shape index (κ2) is 7.71. The van der Waals surface area contributed by atoms with Gasteiger partial charge in [-0.1, -0.05) is 13.0 Å². The Morgan fingerprint density at radius 1 is 1.38 bits per heavy atom. The maximum Gasteiger partial charge on any atom is 0.0738 e. The highest BCUT2D eigenvalue weighted by Crippen LogP contribution is 2.22. The van der Waals surface area contributed by atoms with Crippen molar-refractivity contribution in [2.75, 3.05) is 6.54 Å². The van der Waals surface area contributed by atoms with E-state index in [9.17, 15) is 0 Å². The van der Waals surface area contributed by atoms with Crippen LogP contribution in [-0.4, -0.2) is 27.4 Å². The summed E-state index contributed by atoms with van der Waals surface area (Å²) in [7, 11) is 2.01. The first-order valence-corrected chi connectivity index (χ1v) is 8.21. The summed E-state index contributed by atoms with van der Waals surface area (Å²) in [6.07, 6.45) is 6.83. The zero-order chi connectivity index (χ0) is 15.2. The first-order chi connectivity index (χ1) is 10.1. The lowest BCUT2D eigenvalue weighted by Gasteiger charge is -2.19. The molecular formula is C16H23BrN4. The standard InChI is InChI=1S/C16H23BrN4/c1-4-7-19-14(9-13-6-5-8-18-11-13)10-15-16(17)12(2)20-21(15)3/h5-6,8,11,14,19H,4,7,9-10H2,1-3H3. The summed E-state index contributed by atoms with van der Waals surface area (Å²) in [5.74, 6) is 0. The minimum Gasteiger partial charge on any atom is -0.313 e. The molecule has 0 amide bonds. The van der Waals surface area contributed by atoms with Gasteiger partial charge in [0, 0.05) is 31.9 Å². The summed E-state index contributed by atoms with van der Waals surface area (Å²) >= 11 is 3.66. The number of hydrogen-bond donors (Lipinski definition) is 1. The fourth-order valence-corrected chi connectivity index (χ4v) is 3.00. The Morgan fingerprint density at radius 2 is 2.19 bits per heavy atom. The minimum absolute atomic E-state index is 0.389. The molecule has 2 rings (SSSR count). The second-order valence-corrected chi connectivity index (χ2v) is 6.18. The molecule has 1 atom stereocenters. The lowest BCUT2D eigenvalue weighted by atomic mass is 10.0. The highest BCUT2D eigenvalue weighted by molar-refractivity contribution is 9.10. The Morgan fingerprint density at radius 3 is 2.76 bits per heavy atom. The molecule has 0 saturated heterocycles. The molecule has 0 saturated carbocycles. The van der Waals surface area contributed by atoms with E-state index in [4.69, 9.17) is 0 Å². The molecule has 1 unspecified atom stereocenters. The van der Waals surface area contributed by atoms with E-state index in [-0.39, 0.29) is 0 Å². The molecule has 5 heteroatoms. The molecule has 0 bridgehead atoms. The number of nitrogens with zero attached hydrogens (tertiary/aromatic N) is 3. The molecule has 2 aromatic heterocycles. The predicted molar refractivity (Wildman–Crippen MR) is 89.4 cm³/mol. The molecule has 0 aliphatic heterocycles. The van der Waals surface area contributed by atoms with Crippen molar-refractivity contribution in [1.29, 1.82) is 0 Å². The molecule has 4 nitrogen and oxygen atoms in total. The molecule has 21 heavy (non-hydrogen) atoms. The van der Waals surface area contributed by atoms with Gasteiger partial charge in [-0.2, -0.15) is 5.10 Å². The van der Waals surface area contributed by atoms with Crippen LogP contribution in [-0.2, 0) is 19.9 Å². The van der Waals surface area contributed by atoms with Crippen molar-refractivity contribution < 1.29 is 0 Å². The SMILES string of the molecule is CCCNC(Cc1cccnc1)Cc1c(Br)c(C)nn1C. The van der Waals surface area contributed by atoms with E-state index in [2.05, 4.69) is 44.3 Å². The van der Waals surface area contributed by atoms with Gasteiger partial charge in [-0.05, 0) is 53.9 Å². The third-order valence-electron chi connectivity index (χ3n) is 3.59. The number of hydrogen-bond acceptors (Lipinski definition) is 3. The van der Waals surface area contributed by atoms with Crippen molar-refractivity contribution in [3.05, 3.63) is 46.0 Å². The first-order valence-electron chi connectivity index (χ1n) is 7.42. The number of nitrogens with one attached hydrogen (secondary N) is 1. The van der Waals surface area contributed by atoms with Crippen LogP contribution in [0.2, 0.25) is 0 Å². The highest BCUT2D eigenvalue weighted by Gasteiger charge is 2.17. The monoisotopic (exact) mass is 350 g/mol. The van der Waals surface area contributed by atoms with Crippen molar-refractivity contribution in [3.63, 3.8) is 0 Å². The minimum atomic E-state index is 0.389. The van der Waals surface area contributed by atoms with Crippen molar-refractivity contribution in [2.45, 2.75) is 39.2 Å². The van der Waals surface area contributed by atoms with E-state index < -0.39 is 0 Å². The molecule has 0 spiro atoms. The Labute approximate surface area is 135 Å². The van der Waals surface area contributed by atoms with Crippen molar-refractivity contribution in [2.24, 2.45) is 7.05 Å². The molecule has 114 valence electrons. The summed E-state index contributed by atoms with van der Waals surface area (Å²) in [4.78, 5) is 4.21. The van der Waals surface area contributed by atoms with E-state index in [1.807, 2.05) is 37.1 Å². The summed E-state index contributed by atoms with van der Waals surface area (Å²) in [5.41, 5.74) is 3.55. The average molecular weight is 351 g/mol. The number of aromatic nitrogens is 3. The van der Waals surface area contributed by atoms with Gasteiger partial charge >= 0.3 is 0 Å². The molecule has 0 aliphatic carbocycles. The molecular weight excluding hydrogens is 328 g/mol. The van der Waals surface area contributed by atoms with Crippen LogP contribution in [0.3, 0.4) is 0 Å². The van der Waals surface area contributed by atoms with Gasteiger partial charge in [0.1, 0.15) is 0 Å². The average Bonchev–Trinajstić information content (AvgIpc) is 2.72. The van der Waals surface area contributed by atoms with Crippen LogP contribution in [0, 0.1) is 6.92 Å². The largest absolute Gasteiger partial charge is 0.313 e. The van der Waals surface area contributed by atoms with Gasteiger partial charge in [-0.25, -0.2) is 0 Å². The van der Waals surface area contributed by atoms with E-state index in [1.165, 1.54) is 11.3 Å². The number of pyridine rings is 1. The highest BCUT2D eigenvalue weighted by atomic mass is 79.9. The van der Waals surface area contributed by atoms with E-state index in [1.54, 1.807) is 0 Å². The van der Waals surface area contributed by atoms with Gasteiger partial charge in [0.05, 0.1) is 15.9 Å². The second-order valence-electron chi connectivity index (χ2n) is 5.39. The molecule has 0 aliphatic rings. The zero-order valence-electron chi connectivity index (χ0n) is 12.9. The quantitative estimate of drug-likeness (QED) is 0.834.